The molecule has 8 heteroatoms. The first kappa shape index (κ1) is 16.3. The number of fused-ring (bicyclic) bond motifs is 1. The van der Waals surface area contributed by atoms with Gasteiger partial charge in [0.25, 0.3) is 0 Å². The third kappa shape index (κ3) is 3.23. The third-order valence-electron chi connectivity index (χ3n) is 3.49. The Kier molecular flexibility index (Phi) is 4.25. The molecule has 0 radical (unpaired) electrons. The first-order chi connectivity index (χ1) is 12.0. The van der Waals surface area contributed by atoms with Crippen LogP contribution in [0.2, 0.25) is 0 Å². The molecule has 2 aromatic heterocycles. The fourth-order valence-corrected chi connectivity index (χ4v) is 2.31. The number of phenols is 2. The van der Waals surface area contributed by atoms with Gasteiger partial charge in [-0.15, -0.1) is 0 Å². The van der Waals surface area contributed by atoms with E-state index in [0.29, 0.717) is 16.9 Å². The zero-order chi connectivity index (χ0) is 18.0. The molecule has 0 amide bonds. The van der Waals surface area contributed by atoms with E-state index in [2.05, 4.69) is 4.98 Å². The predicted octanol–water partition coefficient (Wildman–Crippen LogP) is 1.89. The number of hydrogen-bond donors (Lipinski definition) is 2. The van der Waals surface area contributed by atoms with Crippen LogP contribution in [0.3, 0.4) is 0 Å². The summed E-state index contributed by atoms with van der Waals surface area (Å²) in [6.07, 6.45) is 3.32. The van der Waals surface area contributed by atoms with Crippen LogP contribution in [0, 0.1) is 0 Å². The number of imidazole rings is 1. The number of benzene rings is 1. The van der Waals surface area contributed by atoms with Gasteiger partial charge in [0.2, 0.25) is 0 Å². The summed E-state index contributed by atoms with van der Waals surface area (Å²) in [5.74, 6) is -1.82. The molecule has 25 heavy (non-hydrogen) atoms. The highest BCUT2D eigenvalue weighted by molar-refractivity contribution is 5.95. The van der Waals surface area contributed by atoms with E-state index in [0.717, 1.165) is 6.07 Å². The molecule has 2 heterocycles. The lowest BCUT2D eigenvalue weighted by atomic mass is 10.2. The summed E-state index contributed by atoms with van der Waals surface area (Å²) in [6, 6.07) is 6.82. The van der Waals surface area contributed by atoms with E-state index < -0.39 is 11.9 Å². The van der Waals surface area contributed by atoms with Crippen LogP contribution in [0.25, 0.3) is 5.65 Å². The van der Waals surface area contributed by atoms with Crippen molar-refractivity contribution in [1.29, 1.82) is 0 Å². The minimum atomic E-state index is -0.761. The number of methoxy groups -OCH3 is 1. The SMILES string of the molecule is COC(=O)c1cccn2cc(COC(=O)c3ccc(O)cc3O)nc12. The fourth-order valence-electron chi connectivity index (χ4n) is 2.31. The molecule has 8 nitrogen and oxygen atoms in total. The van der Waals surface area contributed by atoms with Crippen molar-refractivity contribution in [3.8, 4) is 11.5 Å². The van der Waals surface area contributed by atoms with Gasteiger partial charge in [0.1, 0.15) is 29.2 Å². The van der Waals surface area contributed by atoms with Crippen molar-refractivity contribution in [2.24, 2.45) is 0 Å². The zero-order valence-electron chi connectivity index (χ0n) is 13.2. The first-order valence-corrected chi connectivity index (χ1v) is 7.23. The van der Waals surface area contributed by atoms with Gasteiger partial charge in [0, 0.05) is 18.5 Å². The summed E-state index contributed by atoms with van der Waals surface area (Å²) in [5.41, 5.74) is 1.02. The van der Waals surface area contributed by atoms with Gasteiger partial charge < -0.3 is 24.1 Å². The highest BCUT2D eigenvalue weighted by atomic mass is 16.5. The maximum Gasteiger partial charge on any atom is 0.342 e. The van der Waals surface area contributed by atoms with Gasteiger partial charge >= 0.3 is 11.9 Å². The van der Waals surface area contributed by atoms with Crippen molar-refractivity contribution >= 4 is 17.6 Å². The maximum atomic E-state index is 12.0. The molecule has 128 valence electrons. The van der Waals surface area contributed by atoms with E-state index in [1.165, 1.54) is 19.2 Å². The molecule has 3 aromatic rings. The minimum Gasteiger partial charge on any atom is -0.508 e. The van der Waals surface area contributed by atoms with Crippen LogP contribution in [-0.4, -0.2) is 38.6 Å². The molecule has 0 bridgehead atoms. The number of pyridine rings is 1. The van der Waals surface area contributed by atoms with Crippen molar-refractivity contribution < 1.29 is 29.3 Å². The lowest BCUT2D eigenvalue weighted by molar-refractivity contribution is 0.0464. The van der Waals surface area contributed by atoms with Crippen LogP contribution in [0.1, 0.15) is 26.4 Å². The van der Waals surface area contributed by atoms with Gasteiger partial charge in [0.15, 0.2) is 5.65 Å². The number of hydrogen-bond acceptors (Lipinski definition) is 7. The van der Waals surface area contributed by atoms with Crippen LogP contribution in [0.5, 0.6) is 11.5 Å². The highest BCUT2D eigenvalue weighted by Gasteiger charge is 2.16. The summed E-state index contributed by atoms with van der Waals surface area (Å²) in [7, 11) is 1.28. The highest BCUT2D eigenvalue weighted by Crippen LogP contribution is 2.23. The molecule has 0 saturated heterocycles. The molecule has 0 aliphatic carbocycles. The average Bonchev–Trinajstić information content (AvgIpc) is 3.02. The Morgan fingerprint density at radius 2 is 1.96 bits per heavy atom. The van der Waals surface area contributed by atoms with Crippen molar-refractivity contribution in [1.82, 2.24) is 9.38 Å². The topological polar surface area (TPSA) is 110 Å². The van der Waals surface area contributed by atoms with E-state index >= 15 is 0 Å². The first-order valence-electron chi connectivity index (χ1n) is 7.23. The second-order valence-corrected chi connectivity index (χ2v) is 5.15. The second-order valence-electron chi connectivity index (χ2n) is 5.15. The number of aromatic hydroxyl groups is 2. The monoisotopic (exact) mass is 342 g/mol. The molecule has 0 fully saturated rings. The van der Waals surface area contributed by atoms with Gasteiger partial charge in [-0.05, 0) is 24.3 Å². The van der Waals surface area contributed by atoms with Gasteiger partial charge in [-0.25, -0.2) is 14.6 Å². The van der Waals surface area contributed by atoms with Crippen LogP contribution < -0.4 is 0 Å². The van der Waals surface area contributed by atoms with Gasteiger partial charge in [-0.3, -0.25) is 0 Å². The Labute approximate surface area is 141 Å². The van der Waals surface area contributed by atoms with Gasteiger partial charge in [0.05, 0.1) is 12.8 Å². The van der Waals surface area contributed by atoms with E-state index in [1.807, 2.05) is 0 Å². The number of nitrogens with zero attached hydrogens (tertiary/aromatic N) is 2. The molecule has 3 rings (SSSR count). The normalized spacial score (nSPS) is 10.6. The number of carbonyl (C=O) groups is 2. The number of rotatable bonds is 4. The van der Waals surface area contributed by atoms with E-state index in [-0.39, 0.29) is 23.7 Å². The van der Waals surface area contributed by atoms with E-state index in [9.17, 15) is 19.8 Å². The Bertz CT molecular complexity index is 963. The summed E-state index contributed by atoms with van der Waals surface area (Å²) in [6.45, 7) is -0.151. The predicted molar refractivity (Wildman–Crippen MR) is 85.4 cm³/mol. The van der Waals surface area contributed by atoms with Crippen LogP contribution >= 0.6 is 0 Å². The minimum absolute atomic E-state index is 0.0724. The van der Waals surface area contributed by atoms with E-state index in [4.69, 9.17) is 9.47 Å². The third-order valence-corrected chi connectivity index (χ3v) is 3.49. The lowest BCUT2D eigenvalue weighted by Gasteiger charge is -2.05. The van der Waals surface area contributed by atoms with Crippen LogP contribution in [0.15, 0.2) is 42.7 Å². The smallest absolute Gasteiger partial charge is 0.342 e. The van der Waals surface area contributed by atoms with Crippen molar-refractivity contribution in [3.63, 3.8) is 0 Å². The number of phenolic OH excluding ortho intramolecular Hbond substituents is 2. The standard InChI is InChI=1S/C17H14N2O6/c1-24-16(22)13-3-2-6-19-8-10(18-15(13)19)9-25-17(23)12-5-4-11(20)7-14(12)21/h2-8,20-21H,9H2,1H3. The molecule has 0 atom stereocenters. The van der Waals surface area contributed by atoms with Crippen molar-refractivity contribution in [2.45, 2.75) is 6.61 Å². The largest absolute Gasteiger partial charge is 0.508 e. The Morgan fingerprint density at radius 1 is 1.16 bits per heavy atom. The van der Waals surface area contributed by atoms with Gasteiger partial charge in [-0.2, -0.15) is 0 Å². The molecule has 0 unspecified atom stereocenters. The molecule has 0 saturated carbocycles. The molecule has 0 aliphatic heterocycles. The van der Waals surface area contributed by atoms with Crippen molar-refractivity contribution in [3.05, 3.63) is 59.5 Å². The Hall–Kier alpha value is -3.55. The molecule has 0 aliphatic rings. The second kappa shape index (κ2) is 6.52. The Balaban J connectivity index is 1.79. The summed E-state index contributed by atoms with van der Waals surface area (Å²) >= 11 is 0. The fraction of sp³-hybridized carbons (Fsp3) is 0.118. The van der Waals surface area contributed by atoms with Crippen LogP contribution in [-0.2, 0) is 16.1 Å². The van der Waals surface area contributed by atoms with Gasteiger partial charge in [-0.1, -0.05) is 0 Å². The number of ether oxygens (including phenoxy) is 2. The summed E-state index contributed by atoms with van der Waals surface area (Å²) in [5, 5.41) is 18.9. The van der Waals surface area contributed by atoms with E-state index in [1.54, 1.807) is 28.9 Å². The van der Waals surface area contributed by atoms with Crippen molar-refractivity contribution in [2.75, 3.05) is 7.11 Å². The number of aromatic nitrogens is 2. The number of esters is 2. The summed E-state index contributed by atoms with van der Waals surface area (Å²) < 4.78 is 11.4. The molecule has 1 aromatic carbocycles. The molecular weight excluding hydrogens is 328 g/mol. The maximum absolute atomic E-state index is 12.0. The number of carbonyl (C=O) groups excluding carboxylic acids is 2. The quantitative estimate of drug-likeness (QED) is 0.697. The van der Waals surface area contributed by atoms with Crippen LogP contribution in [0.4, 0.5) is 0 Å². The molecule has 0 spiro atoms. The average molecular weight is 342 g/mol. The summed E-state index contributed by atoms with van der Waals surface area (Å²) in [4.78, 5) is 28.0. The molecular formula is C17H14N2O6. The zero-order valence-corrected chi connectivity index (χ0v) is 13.2. The lowest BCUT2D eigenvalue weighted by Crippen LogP contribution is -2.06. The Morgan fingerprint density at radius 3 is 2.68 bits per heavy atom. The molecule has 2 N–H and O–H groups in total.